The molecule has 0 amide bonds. The van der Waals surface area contributed by atoms with Gasteiger partial charge in [-0.15, -0.1) is 0 Å². The molecule has 0 unspecified atom stereocenters. The van der Waals surface area contributed by atoms with E-state index in [-0.39, 0.29) is 0 Å². The third kappa shape index (κ3) is 2.96. The van der Waals surface area contributed by atoms with Gasteiger partial charge < -0.3 is 10.2 Å². The van der Waals surface area contributed by atoms with Gasteiger partial charge >= 0.3 is 0 Å². The predicted molar refractivity (Wildman–Crippen MR) is 57.9 cm³/mol. The second-order valence-corrected chi connectivity index (χ2v) is 4.98. The number of aliphatic hydroxyl groups is 2. The van der Waals surface area contributed by atoms with Crippen molar-refractivity contribution in [3.05, 3.63) is 0 Å². The molecule has 0 atom stereocenters. The zero-order valence-corrected chi connectivity index (χ0v) is 9.55. The Morgan fingerprint density at radius 2 is 1.29 bits per heavy atom. The van der Waals surface area contributed by atoms with Crippen molar-refractivity contribution in [3.63, 3.8) is 0 Å². The van der Waals surface area contributed by atoms with Crippen LogP contribution in [0.5, 0.6) is 0 Å². The van der Waals surface area contributed by atoms with Crippen molar-refractivity contribution in [2.75, 3.05) is 0 Å². The average molecular weight is 200 g/mol. The van der Waals surface area contributed by atoms with Gasteiger partial charge in [0.1, 0.15) is 0 Å². The molecule has 2 N–H and O–H groups in total. The van der Waals surface area contributed by atoms with Gasteiger partial charge in [-0.3, -0.25) is 0 Å². The summed E-state index contributed by atoms with van der Waals surface area (Å²) in [6, 6.07) is 0. The molecule has 2 heteroatoms. The van der Waals surface area contributed by atoms with Crippen LogP contribution in [0.25, 0.3) is 0 Å². The van der Waals surface area contributed by atoms with Crippen molar-refractivity contribution in [1.82, 2.24) is 0 Å². The molecular weight excluding hydrogens is 176 g/mol. The second kappa shape index (κ2) is 4.63. The predicted octanol–water partition coefficient (Wildman–Crippen LogP) is 2.83. The van der Waals surface area contributed by atoms with Crippen molar-refractivity contribution in [3.8, 4) is 0 Å². The molecule has 0 bridgehead atoms. The summed E-state index contributed by atoms with van der Waals surface area (Å²) in [5.41, 5.74) is 0.415. The lowest BCUT2D eigenvalue weighted by atomic mass is 9.67. The van der Waals surface area contributed by atoms with Crippen LogP contribution in [0.2, 0.25) is 0 Å². The minimum atomic E-state index is -1.37. The Labute approximate surface area is 87.3 Å². The highest BCUT2D eigenvalue weighted by Gasteiger charge is 2.39. The van der Waals surface area contributed by atoms with E-state index in [1.165, 1.54) is 25.7 Å². The number of hydrogen-bond donors (Lipinski definition) is 2. The van der Waals surface area contributed by atoms with Gasteiger partial charge in [-0.1, -0.05) is 26.7 Å². The summed E-state index contributed by atoms with van der Waals surface area (Å²) in [6.07, 6.45) is 8.02. The van der Waals surface area contributed by atoms with Crippen LogP contribution in [0.1, 0.15) is 65.2 Å². The topological polar surface area (TPSA) is 40.5 Å². The lowest BCUT2D eigenvalue weighted by Gasteiger charge is -2.42. The Morgan fingerprint density at radius 1 is 0.857 bits per heavy atom. The van der Waals surface area contributed by atoms with E-state index < -0.39 is 5.79 Å². The lowest BCUT2D eigenvalue weighted by Crippen LogP contribution is -2.38. The molecule has 1 aliphatic rings. The van der Waals surface area contributed by atoms with E-state index in [1.807, 2.05) is 0 Å². The van der Waals surface area contributed by atoms with E-state index in [2.05, 4.69) is 13.8 Å². The van der Waals surface area contributed by atoms with Crippen molar-refractivity contribution in [2.45, 2.75) is 71.0 Å². The summed E-state index contributed by atoms with van der Waals surface area (Å²) >= 11 is 0. The third-order valence-electron chi connectivity index (χ3n) is 3.67. The first-order valence-corrected chi connectivity index (χ1v) is 5.98. The molecule has 0 radical (unpaired) electrons. The van der Waals surface area contributed by atoms with Gasteiger partial charge in [0.25, 0.3) is 0 Å². The summed E-state index contributed by atoms with van der Waals surface area (Å²) in [4.78, 5) is 0. The maximum Gasteiger partial charge on any atom is 0.162 e. The molecule has 1 rings (SSSR count). The largest absolute Gasteiger partial charge is 0.366 e. The summed E-state index contributed by atoms with van der Waals surface area (Å²) in [5, 5.41) is 19.0. The smallest absolute Gasteiger partial charge is 0.162 e. The maximum atomic E-state index is 9.50. The summed E-state index contributed by atoms with van der Waals surface area (Å²) in [5.74, 6) is -1.37. The van der Waals surface area contributed by atoms with E-state index >= 15 is 0 Å². The van der Waals surface area contributed by atoms with Crippen molar-refractivity contribution in [1.29, 1.82) is 0 Å². The zero-order valence-electron chi connectivity index (χ0n) is 9.55. The standard InChI is InChI=1S/C12H24O2/c1-3-5-11(6-4-2)7-9-12(13,14)10-8-11/h13-14H,3-10H2,1-2H3. The Kier molecular flexibility index (Phi) is 3.96. The first-order valence-electron chi connectivity index (χ1n) is 5.98. The molecular formula is C12H24O2. The monoisotopic (exact) mass is 200 g/mol. The highest BCUT2D eigenvalue weighted by molar-refractivity contribution is 4.87. The summed E-state index contributed by atoms with van der Waals surface area (Å²) in [7, 11) is 0. The van der Waals surface area contributed by atoms with Crippen molar-refractivity contribution < 1.29 is 10.2 Å². The molecule has 0 aromatic rings. The fraction of sp³-hybridized carbons (Fsp3) is 1.00. The number of rotatable bonds is 4. The van der Waals surface area contributed by atoms with Gasteiger partial charge in [0.2, 0.25) is 0 Å². The Balaban J connectivity index is 2.54. The second-order valence-electron chi connectivity index (χ2n) is 4.98. The Bertz CT molecular complexity index is 157. The van der Waals surface area contributed by atoms with E-state index in [4.69, 9.17) is 0 Å². The van der Waals surface area contributed by atoms with E-state index in [0.29, 0.717) is 18.3 Å². The van der Waals surface area contributed by atoms with Crippen LogP contribution in [0.3, 0.4) is 0 Å². The van der Waals surface area contributed by atoms with Crippen LogP contribution in [0.4, 0.5) is 0 Å². The van der Waals surface area contributed by atoms with Crippen LogP contribution in [0.15, 0.2) is 0 Å². The van der Waals surface area contributed by atoms with Crippen LogP contribution in [-0.4, -0.2) is 16.0 Å². The molecule has 0 heterocycles. The lowest BCUT2D eigenvalue weighted by molar-refractivity contribution is -0.196. The molecule has 0 aromatic heterocycles. The van der Waals surface area contributed by atoms with Gasteiger partial charge in [-0.05, 0) is 31.1 Å². The van der Waals surface area contributed by atoms with Gasteiger partial charge in [-0.25, -0.2) is 0 Å². The van der Waals surface area contributed by atoms with Crippen molar-refractivity contribution in [2.24, 2.45) is 5.41 Å². The highest BCUT2D eigenvalue weighted by Crippen LogP contribution is 2.46. The maximum absolute atomic E-state index is 9.50. The first-order chi connectivity index (χ1) is 6.54. The van der Waals surface area contributed by atoms with Crippen molar-refractivity contribution >= 4 is 0 Å². The quantitative estimate of drug-likeness (QED) is 0.685. The molecule has 0 aromatic carbocycles. The van der Waals surface area contributed by atoms with Crippen LogP contribution in [-0.2, 0) is 0 Å². The normalized spacial score (nSPS) is 24.9. The SMILES string of the molecule is CCCC1(CCC)CCC(O)(O)CC1. The van der Waals surface area contributed by atoms with Gasteiger partial charge in [-0.2, -0.15) is 0 Å². The summed E-state index contributed by atoms with van der Waals surface area (Å²) < 4.78 is 0. The van der Waals surface area contributed by atoms with E-state index in [9.17, 15) is 10.2 Å². The molecule has 84 valence electrons. The molecule has 2 nitrogen and oxygen atoms in total. The molecule has 1 aliphatic carbocycles. The minimum Gasteiger partial charge on any atom is -0.366 e. The number of hydrogen-bond acceptors (Lipinski definition) is 2. The fourth-order valence-corrected chi connectivity index (χ4v) is 2.87. The average Bonchev–Trinajstić information content (AvgIpc) is 2.12. The van der Waals surface area contributed by atoms with Gasteiger partial charge in [0.05, 0.1) is 0 Å². The molecule has 1 saturated carbocycles. The molecule has 0 aliphatic heterocycles. The molecule has 1 fully saturated rings. The minimum absolute atomic E-state index is 0.415. The molecule has 0 spiro atoms. The van der Waals surface area contributed by atoms with Gasteiger partial charge in [0, 0.05) is 12.8 Å². The highest BCUT2D eigenvalue weighted by atomic mass is 16.5. The Hall–Kier alpha value is -0.0800. The van der Waals surface area contributed by atoms with Crippen LogP contribution >= 0.6 is 0 Å². The molecule has 14 heavy (non-hydrogen) atoms. The zero-order chi connectivity index (χ0) is 10.7. The van der Waals surface area contributed by atoms with E-state index in [0.717, 1.165) is 12.8 Å². The third-order valence-corrected chi connectivity index (χ3v) is 3.67. The van der Waals surface area contributed by atoms with Crippen LogP contribution < -0.4 is 0 Å². The Morgan fingerprint density at radius 3 is 1.64 bits per heavy atom. The van der Waals surface area contributed by atoms with Gasteiger partial charge in [0.15, 0.2) is 5.79 Å². The van der Waals surface area contributed by atoms with E-state index in [1.54, 1.807) is 0 Å². The molecule has 0 saturated heterocycles. The van der Waals surface area contributed by atoms with Crippen LogP contribution in [0, 0.1) is 5.41 Å². The first kappa shape index (κ1) is 12.0. The fourth-order valence-electron chi connectivity index (χ4n) is 2.87. The summed E-state index contributed by atoms with van der Waals surface area (Å²) in [6.45, 7) is 4.44.